The molecule has 0 radical (unpaired) electrons. The summed E-state index contributed by atoms with van der Waals surface area (Å²) < 4.78 is 1.98. The van der Waals surface area contributed by atoms with Crippen LogP contribution in [-0.2, 0) is 17.9 Å². The molecule has 0 saturated heterocycles. The summed E-state index contributed by atoms with van der Waals surface area (Å²) >= 11 is 0. The SMILES string of the molecule is Cc1[nH]cnc1CN(CCO)C(=O)Cn1c(C(C)C)nc2ccccc21. The van der Waals surface area contributed by atoms with Gasteiger partial charge in [0.15, 0.2) is 0 Å². The van der Waals surface area contributed by atoms with Crippen molar-refractivity contribution in [3.05, 3.63) is 47.8 Å². The molecule has 1 aromatic carbocycles. The van der Waals surface area contributed by atoms with Crippen LogP contribution in [-0.4, -0.2) is 48.6 Å². The number of aliphatic hydroxyl groups excluding tert-OH is 1. The van der Waals surface area contributed by atoms with Crippen molar-refractivity contribution in [1.29, 1.82) is 0 Å². The second kappa shape index (κ2) is 7.70. The van der Waals surface area contributed by atoms with E-state index in [9.17, 15) is 9.90 Å². The van der Waals surface area contributed by atoms with Gasteiger partial charge in [-0.1, -0.05) is 26.0 Å². The average Bonchev–Trinajstić information content (AvgIpc) is 3.19. The first-order chi connectivity index (χ1) is 12.5. The maximum Gasteiger partial charge on any atom is 0.243 e. The number of H-pyrrole nitrogens is 1. The van der Waals surface area contributed by atoms with E-state index in [1.54, 1.807) is 11.2 Å². The number of aromatic nitrogens is 4. The van der Waals surface area contributed by atoms with Crippen LogP contribution in [0.5, 0.6) is 0 Å². The van der Waals surface area contributed by atoms with Crippen molar-refractivity contribution in [2.24, 2.45) is 0 Å². The number of aryl methyl sites for hydroxylation is 1. The number of imidazole rings is 2. The molecular formula is C19H25N5O2. The van der Waals surface area contributed by atoms with Crippen LogP contribution in [0.4, 0.5) is 0 Å². The topological polar surface area (TPSA) is 87.0 Å². The fourth-order valence-electron chi connectivity index (χ4n) is 3.08. The summed E-state index contributed by atoms with van der Waals surface area (Å²) in [7, 11) is 0. The molecule has 3 rings (SSSR count). The van der Waals surface area contributed by atoms with E-state index in [0.717, 1.165) is 28.2 Å². The number of rotatable bonds is 7. The smallest absolute Gasteiger partial charge is 0.243 e. The number of para-hydroxylation sites is 2. The highest BCUT2D eigenvalue weighted by atomic mass is 16.3. The van der Waals surface area contributed by atoms with E-state index >= 15 is 0 Å². The van der Waals surface area contributed by atoms with Gasteiger partial charge in [-0.25, -0.2) is 9.97 Å². The number of carbonyl (C=O) groups is 1. The first-order valence-electron chi connectivity index (χ1n) is 8.84. The van der Waals surface area contributed by atoms with E-state index < -0.39 is 0 Å². The van der Waals surface area contributed by atoms with E-state index in [0.29, 0.717) is 6.54 Å². The van der Waals surface area contributed by atoms with Gasteiger partial charge in [0.1, 0.15) is 12.4 Å². The predicted octanol–water partition coefficient (Wildman–Crippen LogP) is 2.21. The number of nitrogens with one attached hydrogen (secondary N) is 1. The largest absolute Gasteiger partial charge is 0.395 e. The fraction of sp³-hybridized carbons (Fsp3) is 0.421. The number of nitrogens with zero attached hydrogens (tertiary/aromatic N) is 4. The number of hydrogen-bond acceptors (Lipinski definition) is 4. The van der Waals surface area contributed by atoms with Crippen LogP contribution in [0.2, 0.25) is 0 Å². The quantitative estimate of drug-likeness (QED) is 0.680. The Hall–Kier alpha value is -2.67. The summed E-state index contributed by atoms with van der Waals surface area (Å²) in [6.45, 7) is 6.81. The highest BCUT2D eigenvalue weighted by Crippen LogP contribution is 2.22. The van der Waals surface area contributed by atoms with Crippen LogP contribution < -0.4 is 0 Å². The monoisotopic (exact) mass is 355 g/mol. The van der Waals surface area contributed by atoms with Crippen molar-refractivity contribution in [2.45, 2.75) is 39.8 Å². The molecule has 7 heteroatoms. The average molecular weight is 355 g/mol. The first kappa shape index (κ1) is 18.1. The van der Waals surface area contributed by atoms with Crippen molar-refractivity contribution < 1.29 is 9.90 Å². The molecule has 7 nitrogen and oxygen atoms in total. The van der Waals surface area contributed by atoms with Crippen LogP contribution >= 0.6 is 0 Å². The summed E-state index contributed by atoms with van der Waals surface area (Å²) in [6, 6.07) is 7.84. The van der Waals surface area contributed by atoms with Crippen molar-refractivity contribution in [3.63, 3.8) is 0 Å². The number of fused-ring (bicyclic) bond motifs is 1. The normalized spacial score (nSPS) is 11.4. The highest BCUT2D eigenvalue weighted by Gasteiger charge is 2.20. The van der Waals surface area contributed by atoms with Crippen LogP contribution in [0.15, 0.2) is 30.6 Å². The Bertz CT molecular complexity index is 896. The molecule has 2 aromatic heterocycles. The summed E-state index contributed by atoms with van der Waals surface area (Å²) in [5.41, 5.74) is 3.58. The second-order valence-electron chi connectivity index (χ2n) is 6.71. The van der Waals surface area contributed by atoms with Gasteiger partial charge in [-0.3, -0.25) is 4.79 Å². The van der Waals surface area contributed by atoms with Gasteiger partial charge in [-0.15, -0.1) is 0 Å². The third-order valence-corrected chi connectivity index (χ3v) is 4.49. The Morgan fingerprint density at radius 3 is 2.77 bits per heavy atom. The van der Waals surface area contributed by atoms with Gasteiger partial charge in [0.2, 0.25) is 5.91 Å². The van der Waals surface area contributed by atoms with Crippen LogP contribution in [0.25, 0.3) is 11.0 Å². The second-order valence-corrected chi connectivity index (χ2v) is 6.71. The Kier molecular flexibility index (Phi) is 5.37. The molecule has 1 amide bonds. The molecule has 0 aliphatic rings. The van der Waals surface area contributed by atoms with E-state index in [1.807, 2.05) is 35.8 Å². The first-order valence-corrected chi connectivity index (χ1v) is 8.84. The zero-order valence-corrected chi connectivity index (χ0v) is 15.4. The molecule has 0 saturated carbocycles. The molecule has 0 fully saturated rings. The molecule has 0 aliphatic heterocycles. The summed E-state index contributed by atoms with van der Waals surface area (Å²) in [5.74, 6) is 1.03. The van der Waals surface area contributed by atoms with E-state index in [4.69, 9.17) is 0 Å². The maximum absolute atomic E-state index is 13.0. The van der Waals surface area contributed by atoms with Gasteiger partial charge >= 0.3 is 0 Å². The molecule has 0 spiro atoms. The zero-order valence-electron chi connectivity index (χ0n) is 15.4. The van der Waals surface area contributed by atoms with E-state index in [-0.39, 0.29) is 31.5 Å². The number of aliphatic hydroxyl groups is 1. The van der Waals surface area contributed by atoms with E-state index in [1.165, 1.54) is 0 Å². The lowest BCUT2D eigenvalue weighted by atomic mass is 10.2. The summed E-state index contributed by atoms with van der Waals surface area (Å²) in [5, 5.41) is 9.38. The lowest BCUT2D eigenvalue weighted by Crippen LogP contribution is -2.36. The zero-order chi connectivity index (χ0) is 18.7. The van der Waals surface area contributed by atoms with Crippen molar-refractivity contribution in [1.82, 2.24) is 24.4 Å². The Labute approximate surface area is 152 Å². The minimum atomic E-state index is -0.0864. The standard InChI is InChI=1S/C19H25N5O2/c1-13(2)19-22-15-6-4-5-7-17(15)24(19)11-18(26)23(8-9-25)10-16-14(3)20-12-21-16/h4-7,12-13,25H,8-11H2,1-3H3,(H,20,21). The molecule has 2 heterocycles. The van der Waals surface area contributed by atoms with Gasteiger partial charge in [0.25, 0.3) is 0 Å². The number of amides is 1. The van der Waals surface area contributed by atoms with Crippen molar-refractivity contribution >= 4 is 16.9 Å². The molecular weight excluding hydrogens is 330 g/mol. The van der Waals surface area contributed by atoms with Crippen LogP contribution in [0.3, 0.4) is 0 Å². The number of aromatic amines is 1. The Morgan fingerprint density at radius 1 is 1.35 bits per heavy atom. The van der Waals surface area contributed by atoms with Gasteiger partial charge in [-0.05, 0) is 19.1 Å². The third kappa shape index (κ3) is 3.62. The molecule has 0 aliphatic carbocycles. The molecule has 0 unspecified atom stereocenters. The summed E-state index contributed by atoms with van der Waals surface area (Å²) in [4.78, 5) is 26.6. The fourth-order valence-corrected chi connectivity index (χ4v) is 3.08. The predicted molar refractivity (Wildman–Crippen MR) is 99.6 cm³/mol. The van der Waals surface area contributed by atoms with Gasteiger partial charge in [0, 0.05) is 18.2 Å². The van der Waals surface area contributed by atoms with Crippen molar-refractivity contribution in [3.8, 4) is 0 Å². The maximum atomic E-state index is 13.0. The number of hydrogen-bond donors (Lipinski definition) is 2. The van der Waals surface area contributed by atoms with Crippen molar-refractivity contribution in [2.75, 3.05) is 13.2 Å². The minimum absolute atomic E-state index is 0.0634. The number of benzene rings is 1. The third-order valence-electron chi connectivity index (χ3n) is 4.49. The van der Waals surface area contributed by atoms with Gasteiger partial charge in [0.05, 0.1) is 36.2 Å². The lowest BCUT2D eigenvalue weighted by molar-refractivity contribution is -0.133. The molecule has 138 valence electrons. The Morgan fingerprint density at radius 2 is 2.12 bits per heavy atom. The summed E-state index contributed by atoms with van der Waals surface area (Å²) in [6.07, 6.45) is 1.62. The molecule has 2 N–H and O–H groups in total. The molecule has 3 aromatic rings. The Balaban J connectivity index is 1.88. The van der Waals surface area contributed by atoms with Crippen LogP contribution in [0.1, 0.15) is 37.0 Å². The van der Waals surface area contributed by atoms with Gasteiger partial charge < -0.3 is 19.6 Å². The van der Waals surface area contributed by atoms with Crippen LogP contribution in [0, 0.1) is 6.92 Å². The van der Waals surface area contributed by atoms with Gasteiger partial charge in [-0.2, -0.15) is 0 Å². The van der Waals surface area contributed by atoms with E-state index in [2.05, 4.69) is 28.8 Å². The minimum Gasteiger partial charge on any atom is -0.395 e. The molecule has 0 atom stereocenters. The molecule has 26 heavy (non-hydrogen) atoms. The highest BCUT2D eigenvalue weighted by molar-refractivity contribution is 5.81. The molecule has 0 bridgehead atoms. The number of carbonyl (C=O) groups excluding carboxylic acids is 1. The lowest BCUT2D eigenvalue weighted by Gasteiger charge is -2.22.